The van der Waals surface area contributed by atoms with E-state index in [-0.39, 0.29) is 24.6 Å². The van der Waals surface area contributed by atoms with Gasteiger partial charge in [-0.3, -0.25) is 4.79 Å². The highest BCUT2D eigenvalue weighted by Crippen LogP contribution is 2.15. The maximum Gasteiger partial charge on any atom is 0.315 e. The summed E-state index contributed by atoms with van der Waals surface area (Å²) in [4.78, 5) is 26.2. The number of carboxylic acids is 1. The molecule has 122 valence electrons. The maximum atomic E-state index is 11.5. The lowest BCUT2D eigenvalue weighted by Crippen LogP contribution is -2.35. The topological polar surface area (TPSA) is 101 Å². The SMILES string of the molecule is CC(C)(C)Oc1cccc(CNC(=O)NCCCC(=O)O)n1. The minimum Gasteiger partial charge on any atom is -0.481 e. The molecule has 1 heterocycles. The molecule has 7 nitrogen and oxygen atoms in total. The number of hydrogen-bond acceptors (Lipinski definition) is 4. The van der Waals surface area contributed by atoms with Gasteiger partial charge in [-0.25, -0.2) is 9.78 Å². The van der Waals surface area contributed by atoms with Gasteiger partial charge in [0.15, 0.2) is 0 Å². The molecule has 0 radical (unpaired) electrons. The number of carbonyl (C=O) groups is 2. The number of carboxylic acid groups (broad SMARTS) is 1. The fourth-order valence-electron chi connectivity index (χ4n) is 1.60. The Balaban J connectivity index is 2.36. The predicted molar refractivity (Wildman–Crippen MR) is 81.7 cm³/mol. The zero-order valence-electron chi connectivity index (χ0n) is 13.2. The number of ether oxygens (including phenoxy) is 1. The lowest BCUT2D eigenvalue weighted by Gasteiger charge is -2.20. The van der Waals surface area contributed by atoms with Crippen LogP contribution in [0.3, 0.4) is 0 Å². The van der Waals surface area contributed by atoms with Crippen LogP contribution in [0.15, 0.2) is 18.2 Å². The fourth-order valence-corrected chi connectivity index (χ4v) is 1.60. The number of nitrogens with one attached hydrogen (secondary N) is 2. The highest BCUT2D eigenvalue weighted by molar-refractivity contribution is 5.73. The quantitative estimate of drug-likeness (QED) is 0.668. The van der Waals surface area contributed by atoms with Crippen LogP contribution in [0.1, 0.15) is 39.3 Å². The summed E-state index contributed by atoms with van der Waals surface area (Å²) in [6.45, 7) is 6.39. The lowest BCUT2D eigenvalue weighted by molar-refractivity contribution is -0.137. The summed E-state index contributed by atoms with van der Waals surface area (Å²) < 4.78 is 5.66. The average molecular weight is 309 g/mol. The highest BCUT2D eigenvalue weighted by atomic mass is 16.5. The van der Waals surface area contributed by atoms with Crippen molar-refractivity contribution in [3.8, 4) is 5.88 Å². The molecule has 1 aromatic rings. The Morgan fingerprint density at radius 3 is 2.64 bits per heavy atom. The van der Waals surface area contributed by atoms with Gasteiger partial charge in [-0.2, -0.15) is 0 Å². The number of amides is 2. The van der Waals surface area contributed by atoms with Gasteiger partial charge in [-0.1, -0.05) is 6.07 Å². The second-order valence-electron chi connectivity index (χ2n) is 5.79. The van der Waals surface area contributed by atoms with E-state index in [0.717, 1.165) is 0 Å². The molecule has 22 heavy (non-hydrogen) atoms. The Kier molecular flexibility index (Phi) is 6.62. The minimum absolute atomic E-state index is 0.0357. The molecule has 0 unspecified atom stereocenters. The van der Waals surface area contributed by atoms with Crippen LogP contribution >= 0.6 is 0 Å². The van der Waals surface area contributed by atoms with Gasteiger partial charge < -0.3 is 20.5 Å². The molecule has 7 heteroatoms. The van der Waals surface area contributed by atoms with E-state index in [1.807, 2.05) is 26.8 Å². The number of hydrogen-bond donors (Lipinski definition) is 3. The molecule has 0 aliphatic carbocycles. The first-order valence-electron chi connectivity index (χ1n) is 7.15. The van der Waals surface area contributed by atoms with E-state index in [2.05, 4.69) is 15.6 Å². The standard InChI is InChI=1S/C15H23N3O4/c1-15(2,3)22-12-7-4-6-11(18-12)10-17-14(21)16-9-5-8-13(19)20/h4,6-7H,5,8-10H2,1-3H3,(H,19,20)(H2,16,17,21). The van der Waals surface area contributed by atoms with Crippen LogP contribution in [0.25, 0.3) is 0 Å². The molecule has 1 aromatic heterocycles. The van der Waals surface area contributed by atoms with Gasteiger partial charge in [0.05, 0.1) is 12.2 Å². The molecule has 2 amide bonds. The summed E-state index contributed by atoms with van der Waals surface area (Å²) in [5, 5.41) is 13.7. The molecule has 0 saturated carbocycles. The van der Waals surface area contributed by atoms with E-state index in [4.69, 9.17) is 9.84 Å². The van der Waals surface area contributed by atoms with Gasteiger partial charge in [0.25, 0.3) is 0 Å². The number of aliphatic carboxylic acids is 1. The summed E-state index contributed by atoms with van der Waals surface area (Å²) in [6.07, 6.45) is 0.434. The van der Waals surface area contributed by atoms with E-state index in [9.17, 15) is 9.59 Å². The third-order valence-corrected chi connectivity index (χ3v) is 2.48. The molecule has 0 fully saturated rings. The normalized spacial score (nSPS) is 10.9. The van der Waals surface area contributed by atoms with Crippen molar-refractivity contribution in [2.24, 2.45) is 0 Å². The van der Waals surface area contributed by atoms with Gasteiger partial charge in [-0.15, -0.1) is 0 Å². The summed E-state index contributed by atoms with van der Waals surface area (Å²) in [5.74, 6) is -0.365. The van der Waals surface area contributed by atoms with E-state index in [1.54, 1.807) is 12.1 Å². The molecule has 0 bridgehead atoms. The van der Waals surface area contributed by atoms with Crippen LogP contribution in [0.2, 0.25) is 0 Å². The average Bonchev–Trinajstić information content (AvgIpc) is 2.40. The lowest BCUT2D eigenvalue weighted by atomic mass is 10.2. The highest BCUT2D eigenvalue weighted by Gasteiger charge is 2.12. The Labute approximate surface area is 130 Å². The number of nitrogens with zero attached hydrogens (tertiary/aromatic N) is 1. The van der Waals surface area contributed by atoms with Crippen molar-refractivity contribution < 1.29 is 19.4 Å². The number of urea groups is 1. The smallest absolute Gasteiger partial charge is 0.315 e. The Bertz CT molecular complexity index is 512. The van der Waals surface area contributed by atoms with Crippen molar-refractivity contribution >= 4 is 12.0 Å². The molecule has 1 rings (SSSR count). The van der Waals surface area contributed by atoms with Gasteiger partial charge in [0, 0.05) is 19.0 Å². The van der Waals surface area contributed by atoms with Crippen LogP contribution in [0, 0.1) is 0 Å². The number of aromatic nitrogens is 1. The van der Waals surface area contributed by atoms with Crippen molar-refractivity contribution in [3.05, 3.63) is 23.9 Å². The first-order chi connectivity index (χ1) is 10.3. The van der Waals surface area contributed by atoms with Gasteiger partial charge in [0.1, 0.15) is 5.60 Å². The van der Waals surface area contributed by atoms with Gasteiger partial charge in [0.2, 0.25) is 5.88 Å². The summed E-state index contributed by atoms with van der Waals surface area (Å²) in [7, 11) is 0. The Hall–Kier alpha value is -2.31. The number of pyridine rings is 1. The molecular weight excluding hydrogens is 286 g/mol. The molecule has 0 aliphatic heterocycles. The van der Waals surface area contributed by atoms with Crippen molar-refractivity contribution in [1.29, 1.82) is 0 Å². The van der Waals surface area contributed by atoms with Crippen molar-refractivity contribution in [3.63, 3.8) is 0 Å². The van der Waals surface area contributed by atoms with Crippen molar-refractivity contribution in [2.45, 2.75) is 45.8 Å². The molecule has 0 spiro atoms. The van der Waals surface area contributed by atoms with E-state index < -0.39 is 5.97 Å². The molecule has 3 N–H and O–H groups in total. The molecule has 0 atom stereocenters. The molecule has 0 aromatic carbocycles. The zero-order valence-corrected chi connectivity index (χ0v) is 13.2. The molecular formula is C15H23N3O4. The minimum atomic E-state index is -0.873. The predicted octanol–water partition coefficient (Wildman–Crippen LogP) is 1.92. The van der Waals surface area contributed by atoms with Crippen LogP contribution < -0.4 is 15.4 Å². The summed E-state index contributed by atoms with van der Waals surface area (Å²) in [5.41, 5.74) is 0.350. The van der Waals surface area contributed by atoms with Crippen molar-refractivity contribution in [1.82, 2.24) is 15.6 Å². The van der Waals surface area contributed by atoms with E-state index in [0.29, 0.717) is 24.5 Å². The fraction of sp³-hybridized carbons (Fsp3) is 0.533. The first kappa shape index (κ1) is 17.7. The second kappa shape index (κ2) is 8.21. The van der Waals surface area contributed by atoms with Gasteiger partial charge >= 0.3 is 12.0 Å². The molecule has 0 aliphatic rings. The van der Waals surface area contributed by atoms with Crippen LogP contribution in [-0.2, 0) is 11.3 Å². The van der Waals surface area contributed by atoms with E-state index >= 15 is 0 Å². The monoisotopic (exact) mass is 309 g/mol. The number of rotatable bonds is 7. The Morgan fingerprint density at radius 2 is 2.00 bits per heavy atom. The van der Waals surface area contributed by atoms with Crippen LogP contribution in [0.4, 0.5) is 4.79 Å². The van der Waals surface area contributed by atoms with E-state index in [1.165, 1.54) is 0 Å². The van der Waals surface area contributed by atoms with Crippen molar-refractivity contribution in [2.75, 3.05) is 6.54 Å². The Morgan fingerprint density at radius 1 is 1.27 bits per heavy atom. The third kappa shape index (κ3) is 8.08. The van der Waals surface area contributed by atoms with Crippen LogP contribution in [0.5, 0.6) is 5.88 Å². The maximum absolute atomic E-state index is 11.5. The van der Waals surface area contributed by atoms with Gasteiger partial charge in [-0.05, 0) is 33.3 Å². The number of carbonyl (C=O) groups excluding carboxylic acids is 1. The molecule has 0 saturated heterocycles. The first-order valence-corrected chi connectivity index (χ1v) is 7.15. The zero-order chi connectivity index (χ0) is 16.6. The van der Waals surface area contributed by atoms with Crippen LogP contribution in [-0.4, -0.2) is 34.2 Å². The second-order valence-corrected chi connectivity index (χ2v) is 5.79. The largest absolute Gasteiger partial charge is 0.481 e. The summed E-state index contributed by atoms with van der Waals surface area (Å²) >= 11 is 0. The summed E-state index contributed by atoms with van der Waals surface area (Å²) in [6, 6.07) is 5.02. The third-order valence-electron chi connectivity index (χ3n) is 2.48.